The fraction of sp³-hybridized carbons (Fsp3) is 0.258. The molecule has 3 aromatic carbocycles. The van der Waals surface area contributed by atoms with Crippen LogP contribution in [0.3, 0.4) is 0 Å². The van der Waals surface area contributed by atoms with Crippen molar-refractivity contribution in [1.29, 1.82) is 0 Å². The zero-order valence-electron chi connectivity index (χ0n) is 24.5. The molecule has 0 atom stereocenters. The molecular weight excluding hydrogens is 566 g/mol. The fourth-order valence-electron chi connectivity index (χ4n) is 5.25. The van der Waals surface area contributed by atoms with Gasteiger partial charge in [-0.1, -0.05) is 36.4 Å². The van der Waals surface area contributed by atoms with Crippen LogP contribution in [0.25, 0.3) is 11.3 Å². The highest BCUT2D eigenvalue weighted by atomic mass is 16.5. The molecular formula is C31H31N7O6. The summed E-state index contributed by atoms with van der Waals surface area (Å²) >= 11 is 0. The molecule has 1 saturated heterocycles. The molecule has 0 radical (unpaired) electrons. The van der Waals surface area contributed by atoms with Gasteiger partial charge in [-0.15, -0.1) is 9.81 Å². The van der Waals surface area contributed by atoms with E-state index in [0.29, 0.717) is 28.5 Å². The number of hydrogen-bond donors (Lipinski definition) is 0. The van der Waals surface area contributed by atoms with Crippen molar-refractivity contribution in [3.05, 3.63) is 99.3 Å². The number of benzene rings is 3. The lowest BCUT2D eigenvalue weighted by Crippen LogP contribution is -2.48. The molecule has 2 amide bonds. The molecule has 0 aromatic heterocycles. The molecule has 13 heteroatoms. The summed E-state index contributed by atoms with van der Waals surface area (Å²) in [7, 11) is 4.97. The van der Waals surface area contributed by atoms with Crippen molar-refractivity contribution in [2.45, 2.75) is 0 Å². The monoisotopic (exact) mass is 597 g/mol. The van der Waals surface area contributed by atoms with Gasteiger partial charge in [-0.2, -0.15) is 10.0 Å². The van der Waals surface area contributed by atoms with Gasteiger partial charge in [0.15, 0.2) is 0 Å². The number of piperazine rings is 1. The van der Waals surface area contributed by atoms with E-state index in [0.717, 1.165) is 31.2 Å². The van der Waals surface area contributed by atoms with Gasteiger partial charge in [0.25, 0.3) is 5.91 Å². The van der Waals surface area contributed by atoms with Crippen LogP contribution in [-0.2, 0) is 14.3 Å². The number of nitrogens with zero attached hydrogens (tertiary/aromatic N) is 7. The minimum atomic E-state index is -0.796. The molecule has 0 bridgehead atoms. The number of anilines is 3. The normalized spacial score (nSPS) is 16.2. The third kappa shape index (κ3) is 5.82. The lowest BCUT2D eigenvalue weighted by molar-refractivity contribution is -0.119. The quantitative estimate of drug-likeness (QED) is 0.156. The van der Waals surface area contributed by atoms with Crippen LogP contribution in [0, 0.1) is 9.81 Å². The van der Waals surface area contributed by atoms with Gasteiger partial charge in [-0.25, -0.2) is 4.79 Å². The Bertz CT molecular complexity index is 1620. The van der Waals surface area contributed by atoms with Gasteiger partial charge in [-0.05, 0) is 43.4 Å². The largest absolute Gasteiger partial charge is 0.465 e. The number of fused-ring (bicyclic) bond motifs is 1. The third-order valence-electron chi connectivity index (χ3n) is 7.79. The number of rotatable bonds is 9. The predicted octanol–water partition coefficient (Wildman–Crippen LogP) is 3.77. The molecule has 3 aromatic rings. The molecule has 2 heterocycles. The van der Waals surface area contributed by atoms with Crippen molar-refractivity contribution >= 4 is 46.1 Å². The van der Waals surface area contributed by atoms with Crippen molar-refractivity contribution in [3.63, 3.8) is 0 Å². The summed E-state index contributed by atoms with van der Waals surface area (Å²) in [6.45, 7) is 3.72. The van der Waals surface area contributed by atoms with E-state index in [9.17, 15) is 24.2 Å². The Kier molecular flexibility index (Phi) is 8.88. The van der Waals surface area contributed by atoms with Crippen molar-refractivity contribution in [3.8, 4) is 0 Å². The standard InChI is InChI=1S/C31H31N7O6/c1-34-15-17-36(18-16-34)20-27(39)35(2)23-10-12-24(13-11-23)37(32-42)29(21-7-5-4-6-8-21)28-25-14-9-22(31(41)44-3)19-26(25)38(33-43)30(28)40/h4-14,19H,15-18,20H2,1-3H3/b29-28-. The molecule has 13 nitrogen and oxygen atoms in total. The SMILES string of the molecule is COC(=O)c1ccc2c(c1)N(N=O)C(=O)/C2=C(/c1ccccc1)N(N=O)c1ccc(N(C)C(=O)CN2CCN(C)CC2)cc1. The first-order valence-corrected chi connectivity index (χ1v) is 13.9. The zero-order chi connectivity index (χ0) is 31.4. The second-order valence-electron chi connectivity index (χ2n) is 10.5. The van der Waals surface area contributed by atoms with Gasteiger partial charge in [0.05, 0.1) is 52.4 Å². The van der Waals surface area contributed by atoms with Crippen molar-refractivity contribution in [2.75, 3.05) is 68.8 Å². The Morgan fingerprint density at radius 3 is 2.16 bits per heavy atom. The van der Waals surface area contributed by atoms with E-state index in [-0.39, 0.29) is 34.0 Å². The molecule has 0 unspecified atom stereocenters. The van der Waals surface area contributed by atoms with Crippen LogP contribution in [0.1, 0.15) is 21.5 Å². The molecule has 2 aliphatic rings. The summed E-state index contributed by atoms with van der Waals surface area (Å²) in [5.41, 5.74) is 1.95. The smallest absolute Gasteiger partial charge is 0.337 e. The van der Waals surface area contributed by atoms with Gasteiger partial charge >= 0.3 is 5.97 Å². The summed E-state index contributed by atoms with van der Waals surface area (Å²) in [5.74, 6) is -1.52. The van der Waals surface area contributed by atoms with E-state index in [4.69, 9.17) is 4.74 Å². The van der Waals surface area contributed by atoms with Crippen molar-refractivity contribution < 1.29 is 19.1 Å². The number of amides is 2. The Hall–Kier alpha value is -5.27. The Labute approximate surface area is 253 Å². The summed E-state index contributed by atoms with van der Waals surface area (Å²) in [5, 5.41) is 7.85. The zero-order valence-corrected chi connectivity index (χ0v) is 24.5. The van der Waals surface area contributed by atoms with Crippen molar-refractivity contribution in [1.82, 2.24) is 9.80 Å². The highest BCUT2D eigenvalue weighted by Gasteiger charge is 2.39. The Morgan fingerprint density at radius 2 is 1.55 bits per heavy atom. The topological polar surface area (TPSA) is 136 Å². The lowest BCUT2D eigenvalue weighted by Gasteiger charge is -2.32. The van der Waals surface area contributed by atoms with E-state index < -0.39 is 11.9 Å². The fourth-order valence-corrected chi connectivity index (χ4v) is 5.25. The highest BCUT2D eigenvalue weighted by Crippen LogP contribution is 2.44. The molecule has 44 heavy (non-hydrogen) atoms. The number of ether oxygens (including phenoxy) is 1. The van der Waals surface area contributed by atoms with E-state index in [1.165, 1.54) is 25.3 Å². The molecule has 0 aliphatic carbocycles. The number of esters is 1. The summed E-state index contributed by atoms with van der Waals surface area (Å²) in [6, 6.07) is 19.6. The summed E-state index contributed by atoms with van der Waals surface area (Å²) in [4.78, 5) is 69.0. The van der Waals surface area contributed by atoms with Crippen molar-refractivity contribution in [2.24, 2.45) is 10.6 Å². The van der Waals surface area contributed by atoms with Gasteiger partial charge in [-0.3, -0.25) is 14.5 Å². The second-order valence-corrected chi connectivity index (χ2v) is 10.5. The van der Waals surface area contributed by atoms with Crippen LogP contribution in [0.4, 0.5) is 17.1 Å². The molecule has 0 saturated carbocycles. The van der Waals surface area contributed by atoms with Crippen LogP contribution >= 0.6 is 0 Å². The molecule has 2 aliphatic heterocycles. The number of carbonyl (C=O) groups excluding carboxylic acids is 3. The number of methoxy groups -OCH3 is 1. The maximum absolute atomic E-state index is 13.6. The van der Waals surface area contributed by atoms with Crippen LogP contribution in [0.2, 0.25) is 0 Å². The van der Waals surface area contributed by atoms with E-state index in [2.05, 4.69) is 27.4 Å². The van der Waals surface area contributed by atoms with Crippen LogP contribution < -0.4 is 14.9 Å². The van der Waals surface area contributed by atoms with Crippen LogP contribution in [0.15, 0.2) is 83.4 Å². The van der Waals surface area contributed by atoms with E-state index in [1.807, 2.05) is 0 Å². The number of likely N-dealkylation sites (N-methyl/N-ethyl adjacent to an activating group) is 2. The number of carbonyl (C=O) groups is 3. The first kappa shape index (κ1) is 30.2. The maximum Gasteiger partial charge on any atom is 0.337 e. The lowest BCUT2D eigenvalue weighted by atomic mass is 9.98. The molecule has 0 spiro atoms. The number of nitroso groups, excluding NO2 is 2. The molecule has 0 N–H and O–H groups in total. The van der Waals surface area contributed by atoms with Gasteiger partial charge < -0.3 is 14.5 Å². The number of hydrogen-bond acceptors (Lipinski definition) is 10. The van der Waals surface area contributed by atoms with Gasteiger partial charge in [0.2, 0.25) is 5.91 Å². The first-order valence-electron chi connectivity index (χ1n) is 13.9. The third-order valence-corrected chi connectivity index (χ3v) is 7.79. The minimum absolute atomic E-state index is 0.00892. The van der Waals surface area contributed by atoms with Crippen LogP contribution in [-0.4, -0.2) is 81.5 Å². The average Bonchev–Trinajstić information content (AvgIpc) is 3.33. The Balaban J connectivity index is 1.53. The molecule has 5 rings (SSSR count). The minimum Gasteiger partial charge on any atom is -0.465 e. The first-order chi connectivity index (χ1) is 21.3. The summed E-state index contributed by atoms with van der Waals surface area (Å²) < 4.78 is 4.78. The van der Waals surface area contributed by atoms with Gasteiger partial charge in [0.1, 0.15) is 0 Å². The summed E-state index contributed by atoms with van der Waals surface area (Å²) in [6.07, 6.45) is 0. The maximum atomic E-state index is 13.6. The second kappa shape index (κ2) is 12.9. The predicted molar refractivity (Wildman–Crippen MR) is 166 cm³/mol. The molecule has 226 valence electrons. The highest BCUT2D eigenvalue weighted by molar-refractivity contribution is 6.38. The van der Waals surface area contributed by atoms with Gasteiger partial charge in [0, 0.05) is 50.0 Å². The van der Waals surface area contributed by atoms with Crippen LogP contribution in [0.5, 0.6) is 0 Å². The van der Waals surface area contributed by atoms with E-state index >= 15 is 0 Å². The molecule has 1 fully saturated rings. The average molecular weight is 598 g/mol. The van der Waals surface area contributed by atoms with E-state index in [1.54, 1.807) is 66.5 Å². The Morgan fingerprint density at radius 1 is 0.886 bits per heavy atom.